The highest BCUT2D eigenvalue weighted by molar-refractivity contribution is 9.10. The molecule has 0 bridgehead atoms. The third-order valence-electron chi connectivity index (χ3n) is 3.73. The van der Waals surface area contributed by atoms with Crippen LogP contribution < -0.4 is 4.90 Å². The molecule has 1 amide bonds. The number of halogens is 1. The monoisotopic (exact) mass is 347 g/mol. The Morgan fingerprint density at radius 3 is 2.71 bits per heavy atom. The van der Waals surface area contributed by atoms with Gasteiger partial charge in [-0.05, 0) is 30.7 Å². The minimum atomic E-state index is -0.451. The number of benzene rings is 1. The summed E-state index contributed by atoms with van der Waals surface area (Å²) in [5.41, 5.74) is 3.16. The van der Waals surface area contributed by atoms with Gasteiger partial charge in [-0.1, -0.05) is 15.9 Å². The van der Waals surface area contributed by atoms with Gasteiger partial charge in [0, 0.05) is 36.4 Å². The maximum Gasteiger partial charge on any atom is 0.299 e. The van der Waals surface area contributed by atoms with E-state index in [2.05, 4.69) is 21.0 Å². The van der Waals surface area contributed by atoms with Crippen molar-refractivity contribution >= 4 is 33.3 Å². The number of ketones is 1. The number of aromatic nitrogens is 2. The van der Waals surface area contributed by atoms with Gasteiger partial charge in [0.15, 0.2) is 0 Å². The van der Waals surface area contributed by atoms with Crippen molar-refractivity contribution < 1.29 is 9.59 Å². The van der Waals surface area contributed by atoms with Gasteiger partial charge < -0.3 is 4.90 Å². The maximum absolute atomic E-state index is 12.2. The fourth-order valence-electron chi connectivity index (χ4n) is 2.69. The van der Waals surface area contributed by atoms with E-state index in [4.69, 9.17) is 0 Å². The van der Waals surface area contributed by atoms with E-state index in [1.165, 1.54) is 0 Å². The third-order valence-corrected chi connectivity index (χ3v) is 4.19. The van der Waals surface area contributed by atoms with Crippen molar-refractivity contribution in [2.75, 3.05) is 11.4 Å². The lowest BCUT2D eigenvalue weighted by Crippen LogP contribution is -2.32. The molecule has 2 aromatic rings. The number of anilines is 1. The molecule has 0 spiro atoms. The summed E-state index contributed by atoms with van der Waals surface area (Å²) in [4.78, 5) is 25.9. The van der Waals surface area contributed by atoms with E-state index in [9.17, 15) is 9.59 Å². The van der Waals surface area contributed by atoms with E-state index in [1.807, 2.05) is 26.1 Å². The van der Waals surface area contributed by atoms with Crippen LogP contribution in [0.3, 0.4) is 0 Å². The van der Waals surface area contributed by atoms with E-state index in [0.29, 0.717) is 18.5 Å². The van der Waals surface area contributed by atoms with Crippen molar-refractivity contribution in [1.29, 1.82) is 0 Å². The van der Waals surface area contributed by atoms with Crippen molar-refractivity contribution in [2.24, 2.45) is 7.05 Å². The molecule has 21 heavy (non-hydrogen) atoms. The van der Waals surface area contributed by atoms with Crippen LogP contribution in [0.5, 0.6) is 0 Å². The van der Waals surface area contributed by atoms with Crippen molar-refractivity contribution in [1.82, 2.24) is 9.78 Å². The van der Waals surface area contributed by atoms with Crippen LogP contribution in [-0.2, 0) is 18.3 Å². The van der Waals surface area contributed by atoms with E-state index >= 15 is 0 Å². The topological polar surface area (TPSA) is 55.2 Å². The number of Topliss-reactive ketones (excluding diaryl/α,β-unsaturated/α-hetero) is 1. The van der Waals surface area contributed by atoms with Crippen LogP contribution in [-0.4, -0.2) is 28.0 Å². The Bertz CT molecular complexity index is 751. The van der Waals surface area contributed by atoms with Crippen LogP contribution in [0.4, 0.5) is 5.69 Å². The van der Waals surface area contributed by atoms with Crippen LogP contribution in [0, 0.1) is 6.92 Å². The van der Waals surface area contributed by atoms with Crippen molar-refractivity contribution in [3.05, 3.63) is 45.7 Å². The van der Waals surface area contributed by atoms with Crippen LogP contribution >= 0.6 is 15.9 Å². The fraction of sp³-hybridized carbons (Fsp3) is 0.267. The molecule has 6 heteroatoms. The summed E-state index contributed by atoms with van der Waals surface area (Å²) in [6.45, 7) is 2.38. The number of nitrogens with zero attached hydrogens (tertiary/aromatic N) is 3. The highest BCUT2D eigenvalue weighted by Crippen LogP contribution is 2.34. The third kappa shape index (κ3) is 2.29. The molecule has 1 aromatic heterocycles. The Labute approximate surface area is 130 Å². The molecule has 0 aliphatic carbocycles. The van der Waals surface area contributed by atoms with Gasteiger partial charge in [0.2, 0.25) is 0 Å². The first kappa shape index (κ1) is 14.0. The minimum Gasteiger partial charge on any atom is -0.304 e. The van der Waals surface area contributed by atoms with Gasteiger partial charge in [-0.3, -0.25) is 14.3 Å². The van der Waals surface area contributed by atoms with Crippen LogP contribution in [0.25, 0.3) is 0 Å². The zero-order valence-corrected chi connectivity index (χ0v) is 13.3. The molecule has 0 radical (unpaired) electrons. The van der Waals surface area contributed by atoms with Gasteiger partial charge in [-0.2, -0.15) is 5.10 Å². The lowest BCUT2D eigenvalue weighted by atomic mass is 10.1. The molecular formula is C15H14BrN3O2. The van der Waals surface area contributed by atoms with Crippen LogP contribution in [0.2, 0.25) is 0 Å². The molecule has 1 aliphatic rings. The van der Waals surface area contributed by atoms with E-state index in [0.717, 1.165) is 21.4 Å². The van der Waals surface area contributed by atoms with Gasteiger partial charge in [-0.25, -0.2) is 0 Å². The molecule has 0 saturated heterocycles. The van der Waals surface area contributed by atoms with E-state index in [1.54, 1.807) is 21.8 Å². The highest BCUT2D eigenvalue weighted by atomic mass is 79.9. The normalized spacial score (nSPS) is 14.0. The summed E-state index contributed by atoms with van der Waals surface area (Å²) >= 11 is 3.37. The SMILES string of the molecule is Cc1cc(Br)cc2c1N(CCc1ccnn1C)C(=O)C2=O. The summed E-state index contributed by atoms with van der Waals surface area (Å²) in [6.07, 6.45) is 2.38. The van der Waals surface area contributed by atoms with Crippen molar-refractivity contribution in [2.45, 2.75) is 13.3 Å². The zero-order valence-electron chi connectivity index (χ0n) is 11.8. The Hall–Kier alpha value is -1.95. The number of amides is 1. The summed E-state index contributed by atoms with van der Waals surface area (Å²) in [6, 6.07) is 5.55. The Morgan fingerprint density at radius 2 is 2.05 bits per heavy atom. The number of hydrogen-bond acceptors (Lipinski definition) is 3. The quantitative estimate of drug-likeness (QED) is 0.800. The number of fused-ring (bicyclic) bond motifs is 1. The summed E-state index contributed by atoms with van der Waals surface area (Å²) in [5, 5.41) is 4.11. The standard InChI is InChI=1S/C15H14BrN3O2/c1-9-7-10(16)8-12-13(9)19(15(21)14(12)20)6-4-11-3-5-17-18(11)2/h3,5,7-8H,4,6H2,1-2H3. The molecule has 2 heterocycles. The maximum atomic E-state index is 12.2. The predicted octanol–water partition coefficient (Wildman–Crippen LogP) is 2.26. The van der Waals surface area contributed by atoms with Crippen molar-refractivity contribution in [3.63, 3.8) is 0 Å². The molecular weight excluding hydrogens is 334 g/mol. The first-order valence-electron chi connectivity index (χ1n) is 6.62. The fourth-order valence-corrected chi connectivity index (χ4v) is 3.26. The zero-order chi connectivity index (χ0) is 15.1. The van der Waals surface area contributed by atoms with Crippen molar-refractivity contribution in [3.8, 4) is 0 Å². The number of hydrogen-bond donors (Lipinski definition) is 0. The van der Waals surface area contributed by atoms with Gasteiger partial charge in [-0.15, -0.1) is 0 Å². The van der Waals surface area contributed by atoms with Gasteiger partial charge in [0.25, 0.3) is 11.7 Å². The summed E-state index contributed by atoms with van der Waals surface area (Å²) in [7, 11) is 1.86. The first-order valence-corrected chi connectivity index (χ1v) is 7.41. The number of aryl methyl sites for hydroxylation is 2. The second-order valence-electron chi connectivity index (χ2n) is 5.10. The largest absolute Gasteiger partial charge is 0.304 e. The molecule has 3 rings (SSSR count). The van der Waals surface area contributed by atoms with Gasteiger partial charge in [0.1, 0.15) is 0 Å². The van der Waals surface area contributed by atoms with E-state index in [-0.39, 0.29) is 0 Å². The molecule has 1 aromatic carbocycles. The Balaban J connectivity index is 1.93. The average molecular weight is 348 g/mol. The molecule has 0 fully saturated rings. The molecule has 0 atom stereocenters. The number of rotatable bonds is 3. The smallest absolute Gasteiger partial charge is 0.299 e. The predicted molar refractivity (Wildman–Crippen MR) is 82.5 cm³/mol. The summed E-state index contributed by atoms with van der Waals surface area (Å²) < 4.78 is 2.59. The number of carbonyl (C=O) groups excluding carboxylic acids is 2. The molecule has 0 saturated carbocycles. The number of carbonyl (C=O) groups is 2. The highest BCUT2D eigenvalue weighted by Gasteiger charge is 2.36. The second kappa shape index (κ2) is 5.11. The lowest BCUT2D eigenvalue weighted by molar-refractivity contribution is -0.114. The summed E-state index contributed by atoms with van der Waals surface area (Å²) in [5.74, 6) is -0.882. The molecule has 108 valence electrons. The molecule has 0 N–H and O–H groups in total. The van der Waals surface area contributed by atoms with E-state index < -0.39 is 11.7 Å². The Morgan fingerprint density at radius 1 is 1.29 bits per heavy atom. The van der Waals surface area contributed by atoms with Crippen LogP contribution in [0.15, 0.2) is 28.9 Å². The van der Waals surface area contributed by atoms with Crippen LogP contribution in [0.1, 0.15) is 21.6 Å². The van der Waals surface area contributed by atoms with Gasteiger partial charge in [0.05, 0.1) is 11.3 Å². The second-order valence-corrected chi connectivity index (χ2v) is 6.02. The minimum absolute atomic E-state index is 0.431. The van der Waals surface area contributed by atoms with Gasteiger partial charge >= 0.3 is 0 Å². The average Bonchev–Trinajstić information content (AvgIpc) is 2.93. The molecule has 1 aliphatic heterocycles. The molecule has 5 nitrogen and oxygen atoms in total. The Kier molecular flexibility index (Phi) is 3.41. The molecule has 0 unspecified atom stereocenters. The first-order chi connectivity index (χ1) is 9.99. The lowest BCUT2D eigenvalue weighted by Gasteiger charge is -2.18.